The van der Waals surface area contributed by atoms with Crippen LogP contribution in [0.5, 0.6) is 0 Å². The molecular formula is C22H38O. The summed E-state index contributed by atoms with van der Waals surface area (Å²) in [5, 5.41) is 0. The lowest BCUT2D eigenvalue weighted by molar-refractivity contribution is -0.0186. The van der Waals surface area contributed by atoms with Gasteiger partial charge in [0.05, 0.1) is 0 Å². The molecule has 0 aromatic carbocycles. The van der Waals surface area contributed by atoms with Gasteiger partial charge < -0.3 is 4.74 Å². The van der Waals surface area contributed by atoms with Crippen molar-refractivity contribution in [2.45, 2.75) is 80.1 Å². The maximum absolute atomic E-state index is 6.42. The van der Waals surface area contributed by atoms with Crippen molar-refractivity contribution in [3.05, 3.63) is 0 Å². The van der Waals surface area contributed by atoms with Gasteiger partial charge in [0, 0.05) is 13.2 Å². The molecular weight excluding hydrogens is 280 g/mol. The normalized spacial score (nSPS) is 52.4. The molecule has 6 atom stereocenters. The van der Waals surface area contributed by atoms with E-state index in [2.05, 4.69) is 41.5 Å². The Morgan fingerprint density at radius 1 is 0.696 bits per heavy atom. The molecule has 0 heterocycles. The number of hydrogen-bond acceptors (Lipinski definition) is 1. The SMILES string of the molecule is CC1(C)C2CCC1(C)C(COCC1CC3CCC1(C)C3(C)C)C2. The van der Waals surface area contributed by atoms with Crippen LogP contribution in [-0.2, 0) is 4.74 Å². The highest BCUT2D eigenvalue weighted by Gasteiger charge is 2.62. The Morgan fingerprint density at radius 2 is 1.09 bits per heavy atom. The maximum Gasteiger partial charge on any atom is 0.0499 e. The third-order valence-electron chi connectivity index (χ3n) is 10.6. The number of hydrogen-bond donors (Lipinski definition) is 0. The van der Waals surface area contributed by atoms with Gasteiger partial charge in [0.15, 0.2) is 0 Å². The van der Waals surface area contributed by atoms with Crippen LogP contribution < -0.4 is 0 Å². The van der Waals surface area contributed by atoms with Crippen molar-refractivity contribution in [2.75, 3.05) is 13.2 Å². The zero-order valence-electron chi connectivity index (χ0n) is 16.4. The lowest BCUT2D eigenvalue weighted by Gasteiger charge is -2.41. The highest BCUT2D eigenvalue weighted by Crippen LogP contribution is 2.69. The van der Waals surface area contributed by atoms with Gasteiger partial charge in [-0.3, -0.25) is 0 Å². The molecule has 23 heavy (non-hydrogen) atoms. The molecule has 4 aliphatic rings. The fourth-order valence-corrected chi connectivity index (χ4v) is 7.60. The molecule has 6 unspecified atom stereocenters. The van der Waals surface area contributed by atoms with Crippen LogP contribution >= 0.6 is 0 Å². The van der Waals surface area contributed by atoms with Crippen LogP contribution in [0, 0.1) is 45.3 Å². The predicted octanol–water partition coefficient (Wildman–Crippen LogP) is 5.93. The van der Waals surface area contributed by atoms with Gasteiger partial charge in [-0.1, -0.05) is 41.5 Å². The molecule has 4 saturated carbocycles. The molecule has 0 aliphatic heterocycles. The maximum atomic E-state index is 6.42. The van der Waals surface area contributed by atoms with Crippen LogP contribution in [0.25, 0.3) is 0 Å². The van der Waals surface area contributed by atoms with Gasteiger partial charge in [-0.2, -0.15) is 0 Å². The van der Waals surface area contributed by atoms with E-state index in [9.17, 15) is 0 Å². The minimum absolute atomic E-state index is 0.523. The van der Waals surface area contributed by atoms with Crippen molar-refractivity contribution in [1.29, 1.82) is 0 Å². The minimum atomic E-state index is 0.523. The van der Waals surface area contributed by atoms with Gasteiger partial charge >= 0.3 is 0 Å². The van der Waals surface area contributed by atoms with E-state index in [4.69, 9.17) is 4.74 Å². The van der Waals surface area contributed by atoms with Crippen molar-refractivity contribution < 1.29 is 4.74 Å². The van der Waals surface area contributed by atoms with Crippen LogP contribution in [0.2, 0.25) is 0 Å². The Labute approximate surface area is 143 Å². The van der Waals surface area contributed by atoms with E-state index in [1.807, 2.05) is 0 Å². The van der Waals surface area contributed by atoms with Gasteiger partial charge in [0.25, 0.3) is 0 Å². The van der Waals surface area contributed by atoms with Gasteiger partial charge in [-0.05, 0) is 83.9 Å². The first-order valence-corrected chi connectivity index (χ1v) is 10.2. The largest absolute Gasteiger partial charge is 0.381 e. The quantitative estimate of drug-likeness (QED) is 0.624. The molecule has 4 fully saturated rings. The Bertz CT molecular complexity index is 448. The average Bonchev–Trinajstić information content (AvgIpc) is 2.98. The second-order valence-electron chi connectivity index (χ2n) is 11.2. The molecule has 4 rings (SSSR count). The van der Waals surface area contributed by atoms with E-state index in [1.165, 1.54) is 38.5 Å². The molecule has 1 nitrogen and oxygen atoms in total. The summed E-state index contributed by atoms with van der Waals surface area (Å²) in [5.41, 5.74) is 2.11. The fourth-order valence-electron chi connectivity index (χ4n) is 7.60. The second kappa shape index (κ2) is 4.77. The molecule has 0 spiro atoms. The summed E-state index contributed by atoms with van der Waals surface area (Å²) in [4.78, 5) is 0. The van der Waals surface area contributed by atoms with Crippen molar-refractivity contribution in [1.82, 2.24) is 0 Å². The predicted molar refractivity (Wildman–Crippen MR) is 96.3 cm³/mol. The number of rotatable bonds is 4. The molecule has 4 aliphatic carbocycles. The summed E-state index contributed by atoms with van der Waals surface area (Å²) < 4.78 is 6.42. The third-order valence-corrected chi connectivity index (χ3v) is 10.6. The standard InChI is InChI=1S/C22H38O/c1-19(2)15-7-9-21(19,5)17(11-15)13-23-14-18-12-16-8-10-22(18,6)20(16,3)4/h15-18H,7-14H2,1-6H3. The van der Waals surface area contributed by atoms with Gasteiger partial charge in [0.2, 0.25) is 0 Å². The fraction of sp³-hybridized carbons (Fsp3) is 1.00. The van der Waals surface area contributed by atoms with Crippen LogP contribution in [0.4, 0.5) is 0 Å². The Balaban J connectivity index is 1.36. The third kappa shape index (κ3) is 1.89. The lowest BCUT2D eigenvalue weighted by Crippen LogP contribution is -2.36. The number of fused-ring (bicyclic) bond motifs is 4. The molecule has 1 heteroatoms. The highest BCUT2D eigenvalue weighted by molar-refractivity contribution is 5.11. The van der Waals surface area contributed by atoms with E-state index in [0.717, 1.165) is 36.9 Å². The summed E-state index contributed by atoms with van der Waals surface area (Å²) in [6.07, 6.45) is 8.59. The van der Waals surface area contributed by atoms with Crippen molar-refractivity contribution in [3.8, 4) is 0 Å². The van der Waals surface area contributed by atoms with Crippen molar-refractivity contribution in [2.24, 2.45) is 45.3 Å². The zero-order valence-corrected chi connectivity index (χ0v) is 16.4. The summed E-state index contributed by atoms with van der Waals surface area (Å²) in [7, 11) is 0. The highest BCUT2D eigenvalue weighted by atomic mass is 16.5. The lowest BCUT2D eigenvalue weighted by atomic mass is 9.66. The molecule has 0 aromatic heterocycles. The van der Waals surface area contributed by atoms with Crippen molar-refractivity contribution in [3.63, 3.8) is 0 Å². The minimum Gasteiger partial charge on any atom is -0.381 e. The smallest absolute Gasteiger partial charge is 0.0499 e. The molecule has 0 saturated heterocycles. The molecule has 0 radical (unpaired) electrons. The van der Waals surface area contributed by atoms with Gasteiger partial charge in [-0.15, -0.1) is 0 Å². The summed E-state index contributed by atoms with van der Waals surface area (Å²) in [5.74, 6) is 3.49. The van der Waals surface area contributed by atoms with Crippen LogP contribution in [0.1, 0.15) is 80.1 Å². The number of ether oxygens (including phenoxy) is 1. The average molecular weight is 319 g/mol. The van der Waals surface area contributed by atoms with E-state index in [-0.39, 0.29) is 0 Å². The first-order valence-electron chi connectivity index (χ1n) is 10.2. The first-order chi connectivity index (χ1) is 10.6. The molecule has 132 valence electrons. The first kappa shape index (κ1) is 16.4. The second-order valence-corrected chi connectivity index (χ2v) is 11.2. The summed E-state index contributed by atoms with van der Waals surface area (Å²) >= 11 is 0. The molecule has 0 N–H and O–H groups in total. The van der Waals surface area contributed by atoms with Crippen molar-refractivity contribution >= 4 is 0 Å². The monoisotopic (exact) mass is 318 g/mol. The topological polar surface area (TPSA) is 9.23 Å². The van der Waals surface area contributed by atoms with Gasteiger partial charge in [0.1, 0.15) is 0 Å². The van der Waals surface area contributed by atoms with Gasteiger partial charge in [-0.25, -0.2) is 0 Å². The van der Waals surface area contributed by atoms with Crippen LogP contribution in [0.3, 0.4) is 0 Å². The zero-order chi connectivity index (χ0) is 16.7. The van der Waals surface area contributed by atoms with E-state index >= 15 is 0 Å². The molecule has 0 aromatic rings. The van der Waals surface area contributed by atoms with Crippen LogP contribution in [-0.4, -0.2) is 13.2 Å². The Hall–Kier alpha value is -0.0400. The molecule has 0 amide bonds. The van der Waals surface area contributed by atoms with E-state index in [1.54, 1.807) is 0 Å². The van der Waals surface area contributed by atoms with E-state index < -0.39 is 0 Å². The summed E-state index contributed by atoms with van der Waals surface area (Å²) in [6.45, 7) is 17.2. The Morgan fingerprint density at radius 3 is 1.35 bits per heavy atom. The summed E-state index contributed by atoms with van der Waals surface area (Å²) in [6, 6.07) is 0. The van der Waals surface area contributed by atoms with Crippen LogP contribution in [0.15, 0.2) is 0 Å². The van der Waals surface area contributed by atoms with E-state index in [0.29, 0.717) is 21.7 Å². The Kier molecular flexibility index (Phi) is 3.41. The molecule has 4 bridgehead atoms.